The molecular weight excluding hydrogens is 214 g/mol. The van der Waals surface area contributed by atoms with Gasteiger partial charge in [0.1, 0.15) is 0 Å². The van der Waals surface area contributed by atoms with Crippen LogP contribution in [0.3, 0.4) is 0 Å². The predicted octanol–water partition coefficient (Wildman–Crippen LogP) is 1.23. The Labute approximate surface area is 103 Å². The molecule has 0 bridgehead atoms. The Morgan fingerprint density at radius 3 is 2.94 bits per heavy atom. The summed E-state index contributed by atoms with van der Waals surface area (Å²) >= 11 is 0. The van der Waals surface area contributed by atoms with E-state index in [1.54, 1.807) is 0 Å². The van der Waals surface area contributed by atoms with E-state index in [0.717, 1.165) is 26.1 Å². The summed E-state index contributed by atoms with van der Waals surface area (Å²) in [7, 11) is 0. The maximum atomic E-state index is 11.9. The first-order valence-corrected chi connectivity index (χ1v) is 6.66. The molecule has 0 saturated carbocycles. The zero-order chi connectivity index (χ0) is 12.3. The highest BCUT2D eigenvalue weighted by atomic mass is 16.2. The molecule has 0 aliphatic carbocycles. The third-order valence-electron chi connectivity index (χ3n) is 3.80. The van der Waals surface area contributed by atoms with Crippen LogP contribution in [-0.4, -0.2) is 47.9 Å². The fraction of sp³-hybridized carbons (Fsp3) is 0.846. The van der Waals surface area contributed by atoms with Crippen molar-refractivity contribution in [2.24, 2.45) is 5.92 Å². The van der Waals surface area contributed by atoms with Crippen molar-refractivity contribution < 1.29 is 4.79 Å². The van der Waals surface area contributed by atoms with E-state index in [2.05, 4.69) is 17.9 Å². The fourth-order valence-corrected chi connectivity index (χ4v) is 2.98. The van der Waals surface area contributed by atoms with Crippen LogP contribution in [-0.2, 0) is 4.79 Å². The Balaban J connectivity index is 1.93. The molecule has 2 aliphatic heterocycles. The first-order valence-electron chi connectivity index (χ1n) is 6.66. The summed E-state index contributed by atoms with van der Waals surface area (Å²) in [5.74, 6) is 0.101. The lowest BCUT2D eigenvalue weighted by Crippen LogP contribution is -2.48. The molecular formula is C13H21N3O. The number of likely N-dealkylation sites (tertiary alicyclic amines) is 2. The highest BCUT2D eigenvalue weighted by Crippen LogP contribution is 2.24. The minimum atomic E-state index is -0.0796. The van der Waals surface area contributed by atoms with Crippen LogP contribution in [0.15, 0.2) is 0 Å². The van der Waals surface area contributed by atoms with Gasteiger partial charge in [0.15, 0.2) is 0 Å². The van der Waals surface area contributed by atoms with Gasteiger partial charge in [0.2, 0.25) is 5.91 Å². The molecule has 94 valence electrons. The molecule has 2 unspecified atom stereocenters. The van der Waals surface area contributed by atoms with Crippen molar-refractivity contribution in [1.82, 2.24) is 9.80 Å². The average Bonchev–Trinajstić information content (AvgIpc) is 2.71. The van der Waals surface area contributed by atoms with E-state index < -0.39 is 0 Å². The first-order chi connectivity index (χ1) is 8.24. The number of amides is 1. The first kappa shape index (κ1) is 12.4. The summed E-state index contributed by atoms with van der Waals surface area (Å²) in [4.78, 5) is 16.3. The summed E-state index contributed by atoms with van der Waals surface area (Å²) in [6, 6.07) is 2.57. The zero-order valence-electron chi connectivity index (χ0n) is 10.6. The predicted molar refractivity (Wildman–Crippen MR) is 65.2 cm³/mol. The van der Waals surface area contributed by atoms with E-state index in [-0.39, 0.29) is 11.8 Å². The van der Waals surface area contributed by atoms with Gasteiger partial charge in [0.25, 0.3) is 0 Å². The van der Waals surface area contributed by atoms with Gasteiger partial charge in [-0.05, 0) is 32.4 Å². The quantitative estimate of drug-likeness (QED) is 0.739. The number of rotatable bonds is 3. The van der Waals surface area contributed by atoms with E-state index in [9.17, 15) is 4.79 Å². The van der Waals surface area contributed by atoms with Crippen molar-refractivity contribution in [2.45, 2.75) is 38.6 Å². The number of piperidine rings is 1. The Bertz CT molecular complexity index is 321. The highest BCUT2D eigenvalue weighted by molar-refractivity contribution is 5.79. The minimum Gasteiger partial charge on any atom is -0.337 e. The molecule has 2 rings (SSSR count). The zero-order valence-corrected chi connectivity index (χ0v) is 10.6. The number of hydrogen-bond donors (Lipinski definition) is 0. The molecule has 0 aromatic heterocycles. The maximum absolute atomic E-state index is 11.9. The largest absolute Gasteiger partial charge is 0.337 e. The molecule has 0 aromatic rings. The molecule has 0 radical (unpaired) electrons. The van der Waals surface area contributed by atoms with Crippen LogP contribution in [0.1, 0.15) is 32.6 Å². The summed E-state index contributed by atoms with van der Waals surface area (Å²) in [6.45, 7) is 6.13. The van der Waals surface area contributed by atoms with E-state index in [4.69, 9.17) is 5.26 Å². The van der Waals surface area contributed by atoms with Gasteiger partial charge in [-0.25, -0.2) is 0 Å². The van der Waals surface area contributed by atoms with Crippen LogP contribution in [0.4, 0.5) is 0 Å². The Kier molecular flexibility index (Phi) is 4.01. The smallest absolute Gasteiger partial charge is 0.224 e. The van der Waals surface area contributed by atoms with E-state index >= 15 is 0 Å². The van der Waals surface area contributed by atoms with Crippen molar-refractivity contribution in [3.8, 4) is 6.07 Å². The molecule has 2 fully saturated rings. The van der Waals surface area contributed by atoms with Crippen LogP contribution < -0.4 is 0 Å². The van der Waals surface area contributed by atoms with Crippen molar-refractivity contribution in [3.63, 3.8) is 0 Å². The maximum Gasteiger partial charge on any atom is 0.224 e. The fourth-order valence-electron chi connectivity index (χ4n) is 2.98. The minimum absolute atomic E-state index is 0.0796. The van der Waals surface area contributed by atoms with E-state index in [1.165, 1.54) is 12.8 Å². The monoisotopic (exact) mass is 235 g/mol. The lowest BCUT2D eigenvalue weighted by Gasteiger charge is -2.37. The molecule has 2 heterocycles. The molecule has 4 heteroatoms. The summed E-state index contributed by atoms with van der Waals surface area (Å²) in [6.07, 6.45) is 3.87. The van der Waals surface area contributed by atoms with Gasteiger partial charge < -0.3 is 9.80 Å². The van der Waals surface area contributed by atoms with Crippen molar-refractivity contribution in [2.75, 3.05) is 26.2 Å². The van der Waals surface area contributed by atoms with Crippen molar-refractivity contribution in [1.29, 1.82) is 5.26 Å². The number of carbonyl (C=O) groups is 1. The molecule has 2 aliphatic rings. The van der Waals surface area contributed by atoms with Crippen LogP contribution in [0.25, 0.3) is 0 Å². The van der Waals surface area contributed by atoms with Crippen molar-refractivity contribution in [3.05, 3.63) is 0 Å². The lowest BCUT2D eigenvalue weighted by atomic mass is 10.0. The molecule has 0 spiro atoms. The van der Waals surface area contributed by atoms with Crippen LogP contribution in [0.2, 0.25) is 0 Å². The Morgan fingerprint density at radius 1 is 1.47 bits per heavy atom. The topological polar surface area (TPSA) is 47.3 Å². The van der Waals surface area contributed by atoms with Crippen LogP contribution in [0, 0.1) is 17.2 Å². The SMILES string of the molecule is CCCN1CCCC(N2CC(C#N)CC2=O)C1. The second-order valence-corrected chi connectivity index (χ2v) is 5.17. The Hall–Kier alpha value is -1.08. The molecule has 1 amide bonds. The molecule has 0 aromatic carbocycles. The highest BCUT2D eigenvalue weighted by Gasteiger charge is 2.35. The third kappa shape index (κ3) is 2.78. The standard InChI is InChI=1S/C13H21N3O/c1-2-5-15-6-3-4-12(10-15)16-9-11(8-14)7-13(16)17/h11-12H,2-7,9-10H2,1H3. The molecule has 17 heavy (non-hydrogen) atoms. The van der Waals surface area contributed by atoms with Gasteiger partial charge in [-0.1, -0.05) is 6.92 Å². The summed E-state index contributed by atoms with van der Waals surface area (Å²) in [5, 5.41) is 8.90. The van der Waals surface area contributed by atoms with Gasteiger partial charge in [-0.2, -0.15) is 5.26 Å². The second kappa shape index (κ2) is 5.50. The summed E-state index contributed by atoms with van der Waals surface area (Å²) < 4.78 is 0. The molecule has 2 atom stereocenters. The normalized spacial score (nSPS) is 30.6. The van der Waals surface area contributed by atoms with Gasteiger partial charge in [0, 0.05) is 25.6 Å². The summed E-state index contributed by atoms with van der Waals surface area (Å²) in [5.41, 5.74) is 0. The number of hydrogen-bond acceptors (Lipinski definition) is 3. The van der Waals surface area contributed by atoms with E-state index in [1.807, 2.05) is 4.90 Å². The van der Waals surface area contributed by atoms with E-state index in [0.29, 0.717) is 19.0 Å². The number of nitrogens with zero attached hydrogens (tertiary/aromatic N) is 3. The van der Waals surface area contributed by atoms with Crippen LogP contribution in [0.5, 0.6) is 0 Å². The van der Waals surface area contributed by atoms with Gasteiger partial charge in [-0.15, -0.1) is 0 Å². The third-order valence-corrected chi connectivity index (χ3v) is 3.80. The number of nitriles is 1. The second-order valence-electron chi connectivity index (χ2n) is 5.17. The molecule has 4 nitrogen and oxygen atoms in total. The number of carbonyl (C=O) groups excluding carboxylic acids is 1. The molecule has 2 saturated heterocycles. The molecule has 0 N–H and O–H groups in total. The van der Waals surface area contributed by atoms with Crippen LogP contribution >= 0.6 is 0 Å². The Morgan fingerprint density at radius 2 is 2.29 bits per heavy atom. The van der Waals surface area contributed by atoms with Gasteiger partial charge >= 0.3 is 0 Å². The van der Waals surface area contributed by atoms with Gasteiger partial charge in [0.05, 0.1) is 12.0 Å². The lowest BCUT2D eigenvalue weighted by molar-refractivity contribution is -0.130. The average molecular weight is 235 g/mol. The van der Waals surface area contributed by atoms with Gasteiger partial charge in [-0.3, -0.25) is 4.79 Å². The van der Waals surface area contributed by atoms with Crippen molar-refractivity contribution >= 4 is 5.91 Å².